The van der Waals surface area contributed by atoms with Crippen LogP contribution >= 0.6 is 11.6 Å². The second-order valence-electron chi connectivity index (χ2n) is 7.14. The molecule has 154 valence electrons. The van der Waals surface area contributed by atoms with E-state index in [0.29, 0.717) is 40.0 Å². The zero-order valence-electron chi connectivity index (χ0n) is 16.4. The molecule has 0 unspecified atom stereocenters. The van der Waals surface area contributed by atoms with Gasteiger partial charge in [0.1, 0.15) is 5.75 Å². The Labute approximate surface area is 178 Å². The Morgan fingerprint density at radius 1 is 1.20 bits per heavy atom. The molecule has 8 heteroatoms. The minimum Gasteiger partial charge on any atom is -0.507 e. The molecule has 1 saturated carbocycles. The predicted molar refractivity (Wildman–Crippen MR) is 115 cm³/mol. The van der Waals surface area contributed by atoms with Gasteiger partial charge in [0.2, 0.25) is 0 Å². The fraction of sp³-hybridized carbons (Fsp3) is 0.227. The summed E-state index contributed by atoms with van der Waals surface area (Å²) in [6.07, 6.45) is 2.01. The third-order valence-electron chi connectivity index (χ3n) is 4.90. The number of aromatic nitrogens is 2. The molecule has 0 radical (unpaired) electrons. The van der Waals surface area contributed by atoms with Gasteiger partial charge in [-0.1, -0.05) is 23.7 Å². The van der Waals surface area contributed by atoms with E-state index in [-0.39, 0.29) is 17.7 Å². The molecule has 2 amide bonds. The van der Waals surface area contributed by atoms with Gasteiger partial charge in [0, 0.05) is 23.7 Å². The molecule has 3 N–H and O–H groups in total. The standard InChI is InChI=1S/C22H21ClN4O3/c1-2-24-22(30)27-19(13-7-8-13)12-18(26-27)16-11-14(9-10-20(16)28)25-21(29)15-5-3-4-6-17(15)23/h3-6,9-13,28H,2,7-8H2,1H3,(H,24,30)(H,25,29). The first-order chi connectivity index (χ1) is 14.5. The van der Waals surface area contributed by atoms with E-state index >= 15 is 0 Å². The summed E-state index contributed by atoms with van der Waals surface area (Å²) in [6, 6.07) is 13.0. The summed E-state index contributed by atoms with van der Waals surface area (Å²) < 4.78 is 1.37. The van der Waals surface area contributed by atoms with Crippen LogP contribution in [0.4, 0.5) is 10.5 Å². The second-order valence-corrected chi connectivity index (χ2v) is 7.55. The zero-order valence-corrected chi connectivity index (χ0v) is 17.1. The number of benzene rings is 2. The summed E-state index contributed by atoms with van der Waals surface area (Å²) in [6.45, 7) is 2.34. The van der Waals surface area contributed by atoms with Gasteiger partial charge in [-0.3, -0.25) is 4.79 Å². The molecule has 1 heterocycles. The number of carbonyl (C=O) groups is 2. The molecule has 0 spiro atoms. The number of halogens is 1. The molecule has 0 bridgehead atoms. The summed E-state index contributed by atoms with van der Waals surface area (Å²) in [7, 11) is 0. The van der Waals surface area contributed by atoms with Crippen molar-refractivity contribution in [1.82, 2.24) is 15.1 Å². The van der Waals surface area contributed by atoms with Crippen LogP contribution in [0.1, 0.15) is 41.7 Å². The van der Waals surface area contributed by atoms with Crippen molar-refractivity contribution in [2.45, 2.75) is 25.7 Å². The van der Waals surface area contributed by atoms with Crippen molar-refractivity contribution in [1.29, 1.82) is 0 Å². The third kappa shape index (κ3) is 4.02. The molecule has 0 saturated heterocycles. The van der Waals surface area contributed by atoms with E-state index in [1.165, 1.54) is 10.7 Å². The highest BCUT2D eigenvalue weighted by Gasteiger charge is 2.30. The van der Waals surface area contributed by atoms with Gasteiger partial charge in [0.25, 0.3) is 5.91 Å². The normalized spacial score (nSPS) is 13.1. The Balaban J connectivity index is 1.65. The summed E-state index contributed by atoms with van der Waals surface area (Å²) in [5.41, 5.74) is 2.55. The van der Waals surface area contributed by atoms with Crippen LogP contribution in [0.3, 0.4) is 0 Å². The molecular formula is C22H21ClN4O3. The lowest BCUT2D eigenvalue weighted by atomic mass is 10.1. The minimum absolute atomic E-state index is 0.00800. The van der Waals surface area contributed by atoms with Gasteiger partial charge in [-0.2, -0.15) is 9.78 Å². The lowest BCUT2D eigenvalue weighted by molar-refractivity contribution is 0.102. The Bertz CT molecular complexity index is 1120. The number of nitrogens with zero attached hydrogens (tertiary/aromatic N) is 2. The molecule has 1 fully saturated rings. The number of aromatic hydroxyl groups is 1. The van der Waals surface area contributed by atoms with E-state index in [0.717, 1.165) is 18.5 Å². The van der Waals surface area contributed by atoms with Crippen molar-refractivity contribution in [2.75, 3.05) is 11.9 Å². The predicted octanol–water partition coefficient (Wildman–Crippen LogP) is 4.62. The van der Waals surface area contributed by atoms with Crippen molar-refractivity contribution in [2.24, 2.45) is 0 Å². The largest absolute Gasteiger partial charge is 0.507 e. The van der Waals surface area contributed by atoms with Gasteiger partial charge >= 0.3 is 6.03 Å². The highest BCUT2D eigenvalue weighted by Crippen LogP contribution is 2.42. The first kappa shape index (κ1) is 20.0. The van der Waals surface area contributed by atoms with Crippen molar-refractivity contribution in [3.63, 3.8) is 0 Å². The fourth-order valence-electron chi connectivity index (χ4n) is 3.25. The number of phenols is 1. The van der Waals surface area contributed by atoms with Crippen LogP contribution in [0.25, 0.3) is 11.3 Å². The van der Waals surface area contributed by atoms with Crippen LogP contribution < -0.4 is 10.6 Å². The van der Waals surface area contributed by atoms with Gasteiger partial charge in [0.15, 0.2) is 0 Å². The van der Waals surface area contributed by atoms with Crippen LogP contribution in [0.5, 0.6) is 5.75 Å². The Morgan fingerprint density at radius 2 is 1.97 bits per heavy atom. The lowest BCUT2D eigenvalue weighted by Crippen LogP contribution is -2.30. The number of nitrogens with one attached hydrogen (secondary N) is 2. The fourth-order valence-corrected chi connectivity index (χ4v) is 3.47. The Kier molecular flexibility index (Phi) is 5.46. The highest BCUT2D eigenvalue weighted by molar-refractivity contribution is 6.34. The number of amides is 2. The number of phenolic OH excluding ortho intramolecular Hbond substituents is 1. The Hall–Kier alpha value is -3.32. The quantitative estimate of drug-likeness (QED) is 0.521. The SMILES string of the molecule is CCNC(=O)n1nc(-c2cc(NC(=O)c3ccccc3Cl)ccc2O)cc1C1CC1. The van der Waals surface area contributed by atoms with E-state index in [9.17, 15) is 14.7 Å². The molecular weight excluding hydrogens is 404 g/mol. The molecule has 2 aromatic carbocycles. The number of anilines is 1. The molecule has 1 aliphatic rings. The average molecular weight is 425 g/mol. The van der Waals surface area contributed by atoms with Crippen molar-refractivity contribution >= 4 is 29.2 Å². The van der Waals surface area contributed by atoms with E-state index in [4.69, 9.17) is 11.6 Å². The smallest absolute Gasteiger partial charge is 0.342 e. The van der Waals surface area contributed by atoms with E-state index in [1.54, 1.807) is 36.4 Å². The summed E-state index contributed by atoms with van der Waals surface area (Å²) in [5.74, 6) is -0.0588. The maximum Gasteiger partial charge on any atom is 0.342 e. The molecule has 3 aromatic rings. The number of hydrogen-bond donors (Lipinski definition) is 3. The molecule has 1 aromatic heterocycles. The van der Waals surface area contributed by atoms with Crippen LogP contribution in [0.2, 0.25) is 5.02 Å². The topological polar surface area (TPSA) is 96.3 Å². The number of hydrogen-bond acceptors (Lipinski definition) is 4. The zero-order chi connectivity index (χ0) is 21.3. The molecule has 4 rings (SSSR count). The van der Waals surface area contributed by atoms with E-state index in [2.05, 4.69) is 15.7 Å². The second kappa shape index (κ2) is 8.20. The van der Waals surface area contributed by atoms with Crippen molar-refractivity contribution in [3.05, 3.63) is 64.8 Å². The number of carbonyl (C=O) groups excluding carboxylic acids is 2. The van der Waals surface area contributed by atoms with Gasteiger partial charge < -0.3 is 15.7 Å². The molecule has 30 heavy (non-hydrogen) atoms. The molecule has 1 aliphatic carbocycles. The van der Waals surface area contributed by atoms with Crippen molar-refractivity contribution in [3.8, 4) is 17.0 Å². The van der Waals surface area contributed by atoms with E-state index < -0.39 is 0 Å². The maximum atomic E-state index is 12.6. The van der Waals surface area contributed by atoms with Gasteiger partial charge in [-0.25, -0.2) is 4.79 Å². The average Bonchev–Trinajstić information content (AvgIpc) is 3.48. The summed E-state index contributed by atoms with van der Waals surface area (Å²) in [5, 5.41) is 20.7. The van der Waals surface area contributed by atoms with Crippen LogP contribution in [0, 0.1) is 0 Å². The molecule has 0 atom stereocenters. The molecule has 7 nitrogen and oxygen atoms in total. The van der Waals surface area contributed by atoms with Crippen LogP contribution in [0.15, 0.2) is 48.5 Å². The third-order valence-corrected chi connectivity index (χ3v) is 5.23. The van der Waals surface area contributed by atoms with Gasteiger partial charge in [-0.05, 0) is 56.2 Å². The lowest BCUT2D eigenvalue weighted by Gasteiger charge is -2.09. The van der Waals surface area contributed by atoms with Gasteiger partial charge in [-0.15, -0.1) is 0 Å². The van der Waals surface area contributed by atoms with Crippen LogP contribution in [-0.2, 0) is 0 Å². The Morgan fingerprint density at radius 3 is 2.67 bits per heavy atom. The van der Waals surface area contributed by atoms with Crippen LogP contribution in [-0.4, -0.2) is 33.4 Å². The van der Waals surface area contributed by atoms with Crippen molar-refractivity contribution < 1.29 is 14.7 Å². The maximum absolute atomic E-state index is 12.6. The monoisotopic (exact) mass is 424 g/mol. The minimum atomic E-state index is -0.358. The first-order valence-corrected chi connectivity index (χ1v) is 10.1. The number of rotatable bonds is 5. The molecule has 0 aliphatic heterocycles. The summed E-state index contributed by atoms with van der Waals surface area (Å²) >= 11 is 6.10. The summed E-state index contributed by atoms with van der Waals surface area (Å²) in [4.78, 5) is 24.9. The first-order valence-electron chi connectivity index (χ1n) is 9.75. The van der Waals surface area contributed by atoms with E-state index in [1.807, 2.05) is 13.0 Å². The van der Waals surface area contributed by atoms with Gasteiger partial charge in [0.05, 0.1) is 22.0 Å². The highest BCUT2D eigenvalue weighted by atomic mass is 35.5.